The zero-order chi connectivity index (χ0) is 18.4. The van der Waals surface area contributed by atoms with E-state index in [1.54, 1.807) is 31.5 Å². The average Bonchev–Trinajstić information content (AvgIpc) is 2.94. The highest BCUT2D eigenvalue weighted by atomic mass is 16.5. The third kappa shape index (κ3) is 2.35. The van der Waals surface area contributed by atoms with Crippen LogP contribution >= 0.6 is 0 Å². The molecule has 26 heavy (non-hydrogen) atoms. The molecule has 0 saturated heterocycles. The summed E-state index contributed by atoms with van der Waals surface area (Å²) >= 11 is 0. The maximum absolute atomic E-state index is 13.2. The minimum atomic E-state index is -0.225. The van der Waals surface area contributed by atoms with E-state index >= 15 is 0 Å². The van der Waals surface area contributed by atoms with E-state index in [4.69, 9.17) is 4.74 Å². The molecule has 3 heterocycles. The van der Waals surface area contributed by atoms with Gasteiger partial charge in [-0.1, -0.05) is 13.8 Å². The summed E-state index contributed by atoms with van der Waals surface area (Å²) in [5.74, 6) is 1.05. The number of aromatic amines is 1. The Labute approximate surface area is 148 Å². The lowest BCUT2D eigenvalue weighted by Gasteiger charge is -2.06. The fourth-order valence-electron chi connectivity index (χ4n) is 3.39. The van der Waals surface area contributed by atoms with Gasteiger partial charge >= 0.3 is 0 Å². The molecule has 0 spiro atoms. The number of fused-ring (bicyclic) bond motifs is 4. The first kappa shape index (κ1) is 16.3. The molecule has 0 saturated carbocycles. The van der Waals surface area contributed by atoms with Crippen LogP contribution in [-0.2, 0) is 6.42 Å². The van der Waals surface area contributed by atoms with Gasteiger partial charge in [0.15, 0.2) is 5.69 Å². The van der Waals surface area contributed by atoms with E-state index in [0.29, 0.717) is 39.3 Å². The monoisotopic (exact) mass is 350 g/mol. The molecule has 0 fully saturated rings. The predicted octanol–water partition coefficient (Wildman–Crippen LogP) is 3.93. The van der Waals surface area contributed by atoms with E-state index in [0.717, 1.165) is 12.0 Å². The number of pyridine rings is 1. The van der Waals surface area contributed by atoms with Crippen molar-refractivity contribution < 1.29 is 4.74 Å². The molecule has 0 radical (unpaired) electrons. The minimum Gasteiger partial charge on any atom is -0.497 e. The summed E-state index contributed by atoms with van der Waals surface area (Å²) in [6.07, 6.45) is 2.60. The molecule has 4 aromatic rings. The largest absolute Gasteiger partial charge is 0.497 e. The standard InChI is InChI=1S/C19H18N4O3/c1-10(2)6-11-7-14-17(20-9-11)21-18-16(22-25)13-8-12(26-3)4-5-15(13)23(18)19(14)24/h4-5,7-10H,6H2,1-3H3,(H,20,21). The van der Waals surface area contributed by atoms with E-state index < -0.39 is 0 Å². The molecule has 7 nitrogen and oxygen atoms in total. The molecule has 0 unspecified atom stereocenters. The van der Waals surface area contributed by atoms with Gasteiger partial charge in [-0.3, -0.25) is 9.20 Å². The molecular weight excluding hydrogens is 332 g/mol. The highest BCUT2D eigenvalue weighted by Crippen LogP contribution is 2.34. The highest BCUT2D eigenvalue weighted by Gasteiger charge is 2.18. The van der Waals surface area contributed by atoms with Crippen molar-refractivity contribution in [2.75, 3.05) is 7.11 Å². The van der Waals surface area contributed by atoms with Crippen molar-refractivity contribution in [1.82, 2.24) is 14.4 Å². The normalized spacial score (nSPS) is 11.7. The number of nitroso groups, excluding NO2 is 1. The second kappa shape index (κ2) is 5.94. The first-order chi connectivity index (χ1) is 12.5. The molecule has 1 N–H and O–H groups in total. The number of rotatable bonds is 4. The maximum atomic E-state index is 13.2. The molecule has 0 aliphatic rings. The van der Waals surface area contributed by atoms with E-state index in [2.05, 4.69) is 29.0 Å². The van der Waals surface area contributed by atoms with Gasteiger partial charge < -0.3 is 9.72 Å². The number of hydrogen-bond donors (Lipinski definition) is 1. The highest BCUT2D eigenvalue weighted by molar-refractivity contribution is 6.02. The minimum absolute atomic E-state index is 0.172. The third-order valence-corrected chi connectivity index (χ3v) is 4.50. The van der Waals surface area contributed by atoms with Crippen LogP contribution in [0.25, 0.3) is 27.6 Å². The number of nitrogens with zero attached hydrogens (tertiary/aromatic N) is 3. The van der Waals surface area contributed by atoms with Crippen LogP contribution in [-0.4, -0.2) is 21.5 Å². The number of H-pyrrole nitrogens is 1. The van der Waals surface area contributed by atoms with Crippen molar-refractivity contribution in [3.05, 3.63) is 51.3 Å². The summed E-state index contributed by atoms with van der Waals surface area (Å²) < 4.78 is 6.71. The van der Waals surface area contributed by atoms with Crippen LogP contribution in [0, 0.1) is 10.8 Å². The van der Waals surface area contributed by atoms with Crippen molar-refractivity contribution in [3.8, 4) is 5.75 Å². The molecule has 3 aromatic heterocycles. The molecule has 0 atom stereocenters. The number of hydrogen-bond acceptors (Lipinski definition) is 5. The Morgan fingerprint density at radius 3 is 2.77 bits per heavy atom. The summed E-state index contributed by atoms with van der Waals surface area (Å²) in [4.78, 5) is 32.1. The van der Waals surface area contributed by atoms with Crippen LogP contribution in [0.4, 0.5) is 5.69 Å². The van der Waals surface area contributed by atoms with E-state index in [9.17, 15) is 9.70 Å². The maximum Gasteiger partial charge on any atom is 0.267 e. The van der Waals surface area contributed by atoms with E-state index in [1.807, 2.05) is 6.07 Å². The number of aromatic nitrogens is 3. The lowest BCUT2D eigenvalue weighted by Crippen LogP contribution is -2.15. The summed E-state index contributed by atoms with van der Waals surface area (Å²) in [6, 6.07) is 7.07. The van der Waals surface area contributed by atoms with Gasteiger partial charge in [-0.15, -0.1) is 4.91 Å². The van der Waals surface area contributed by atoms with E-state index in [1.165, 1.54) is 4.40 Å². The lowest BCUT2D eigenvalue weighted by molar-refractivity contribution is 0.415. The molecule has 7 heteroatoms. The van der Waals surface area contributed by atoms with Gasteiger partial charge in [-0.25, -0.2) is 4.98 Å². The van der Waals surface area contributed by atoms with Crippen molar-refractivity contribution in [1.29, 1.82) is 0 Å². The molecule has 0 bridgehead atoms. The smallest absolute Gasteiger partial charge is 0.267 e. The Morgan fingerprint density at radius 1 is 1.27 bits per heavy atom. The molecule has 4 rings (SSSR count). The van der Waals surface area contributed by atoms with Crippen molar-refractivity contribution in [3.63, 3.8) is 0 Å². The van der Waals surface area contributed by atoms with Gasteiger partial charge in [0.05, 0.1) is 18.0 Å². The Balaban J connectivity index is 2.13. The molecule has 0 amide bonds. The number of nitrogens with one attached hydrogen (secondary N) is 1. The Morgan fingerprint density at radius 2 is 2.08 bits per heavy atom. The lowest BCUT2D eigenvalue weighted by atomic mass is 10.0. The predicted molar refractivity (Wildman–Crippen MR) is 101 cm³/mol. The number of ether oxygens (including phenoxy) is 1. The van der Waals surface area contributed by atoms with Crippen LogP contribution in [0.3, 0.4) is 0 Å². The molecule has 0 aliphatic carbocycles. The SMILES string of the molecule is COc1ccc2c(c1)c(N=O)c1[nH]c3ncc(CC(C)C)cc3c(=O)n12. The summed E-state index contributed by atoms with van der Waals surface area (Å²) in [6.45, 7) is 4.24. The second-order valence-electron chi connectivity index (χ2n) is 6.77. The van der Waals surface area contributed by atoms with Gasteiger partial charge in [0.2, 0.25) is 0 Å². The van der Waals surface area contributed by atoms with Crippen molar-refractivity contribution in [2.45, 2.75) is 20.3 Å². The number of benzene rings is 1. The van der Waals surface area contributed by atoms with Gasteiger partial charge in [0.25, 0.3) is 5.56 Å². The zero-order valence-corrected chi connectivity index (χ0v) is 14.7. The average molecular weight is 350 g/mol. The van der Waals surface area contributed by atoms with Gasteiger partial charge in [0, 0.05) is 11.6 Å². The quantitative estimate of drug-likeness (QED) is 0.565. The Bertz CT molecular complexity index is 1220. The zero-order valence-electron chi connectivity index (χ0n) is 14.7. The molecule has 1 aromatic carbocycles. The van der Waals surface area contributed by atoms with Crippen LogP contribution in [0.5, 0.6) is 5.75 Å². The summed E-state index contributed by atoms with van der Waals surface area (Å²) in [5, 5.41) is 4.19. The Kier molecular flexibility index (Phi) is 3.72. The summed E-state index contributed by atoms with van der Waals surface area (Å²) in [5.41, 5.74) is 2.33. The van der Waals surface area contributed by atoms with Crippen LogP contribution < -0.4 is 10.3 Å². The molecular formula is C19H18N4O3. The first-order valence-electron chi connectivity index (χ1n) is 8.40. The fraction of sp³-hybridized carbons (Fsp3) is 0.263. The van der Waals surface area contributed by atoms with Gasteiger partial charge in [-0.2, -0.15) is 0 Å². The molecule has 132 valence electrons. The second-order valence-corrected chi connectivity index (χ2v) is 6.77. The van der Waals surface area contributed by atoms with E-state index in [-0.39, 0.29) is 11.2 Å². The topological polar surface area (TPSA) is 88.8 Å². The third-order valence-electron chi connectivity index (χ3n) is 4.50. The van der Waals surface area contributed by atoms with Crippen LogP contribution in [0.15, 0.2) is 40.4 Å². The Hall–Kier alpha value is -3.22. The fourth-order valence-corrected chi connectivity index (χ4v) is 3.39. The van der Waals surface area contributed by atoms with Crippen LogP contribution in [0.1, 0.15) is 19.4 Å². The van der Waals surface area contributed by atoms with Crippen molar-refractivity contribution >= 4 is 33.3 Å². The van der Waals surface area contributed by atoms with Gasteiger partial charge in [0.1, 0.15) is 17.0 Å². The van der Waals surface area contributed by atoms with Crippen LogP contribution in [0.2, 0.25) is 0 Å². The molecule has 0 aliphatic heterocycles. The number of methoxy groups -OCH3 is 1. The van der Waals surface area contributed by atoms with Crippen molar-refractivity contribution in [2.24, 2.45) is 11.1 Å². The summed E-state index contributed by atoms with van der Waals surface area (Å²) in [7, 11) is 1.55. The first-order valence-corrected chi connectivity index (χ1v) is 8.40. The van der Waals surface area contributed by atoms with Gasteiger partial charge in [-0.05, 0) is 47.3 Å².